The Labute approximate surface area is 139 Å². The fourth-order valence-corrected chi connectivity index (χ4v) is 3.65. The Morgan fingerprint density at radius 3 is 2.96 bits per heavy atom. The number of piperidine rings is 1. The third-order valence-corrected chi connectivity index (χ3v) is 4.90. The maximum absolute atomic E-state index is 13.6. The first-order valence-corrected chi connectivity index (χ1v) is 8.98. The molecule has 1 atom stereocenters. The van der Waals surface area contributed by atoms with Crippen LogP contribution in [0.2, 0.25) is 0 Å². The van der Waals surface area contributed by atoms with Crippen LogP contribution in [-0.4, -0.2) is 28.6 Å². The standard InChI is InChI=1S/C18H19FN2OS/c1-23-17-15(8-5-10-20-17)18(22)21-11-3-2-9-16(21)13-6-4-7-14(19)12-13/h4-8,10,12,16H,2-3,9,11H2,1H3. The number of hydrogen-bond donors (Lipinski definition) is 0. The van der Waals surface area contributed by atoms with Crippen LogP contribution in [0.25, 0.3) is 0 Å². The van der Waals surface area contributed by atoms with Crippen LogP contribution in [0.4, 0.5) is 4.39 Å². The summed E-state index contributed by atoms with van der Waals surface area (Å²) >= 11 is 1.47. The van der Waals surface area contributed by atoms with Crippen LogP contribution in [0.3, 0.4) is 0 Å². The number of thioether (sulfide) groups is 1. The molecular weight excluding hydrogens is 311 g/mol. The monoisotopic (exact) mass is 330 g/mol. The lowest BCUT2D eigenvalue weighted by Gasteiger charge is -2.36. The molecule has 0 bridgehead atoms. The number of nitrogens with zero attached hydrogens (tertiary/aromatic N) is 2. The molecule has 3 nitrogen and oxygen atoms in total. The van der Waals surface area contributed by atoms with Crippen LogP contribution < -0.4 is 0 Å². The molecule has 5 heteroatoms. The summed E-state index contributed by atoms with van der Waals surface area (Å²) in [6.45, 7) is 0.697. The zero-order valence-corrected chi connectivity index (χ0v) is 13.9. The zero-order valence-electron chi connectivity index (χ0n) is 13.0. The van der Waals surface area contributed by atoms with Gasteiger partial charge in [0, 0.05) is 12.7 Å². The minimum atomic E-state index is -0.258. The van der Waals surface area contributed by atoms with Crippen molar-refractivity contribution in [2.45, 2.75) is 30.3 Å². The van der Waals surface area contributed by atoms with Crippen molar-refractivity contribution in [3.05, 3.63) is 59.5 Å². The highest BCUT2D eigenvalue weighted by molar-refractivity contribution is 7.98. The molecule has 0 N–H and O–H groups in total. The molecule has 2 heterocycles. The van der Waals surface area contributed by atoms with Crippen molar-refractivity contribution >= 4 is 17.7 Å². The average Bonchev–Trinajstić information content (AvgIpc) is 2.61. The van der Waals surface area contributed by atoms with Gasteiger partial charge in [0.2, 0.25) is 0 Å². The normalized spacial score (nSPS) is 18.0. The summed E-state index contributed by atoms with van der Waals surface area (Å²) in [5, 5.41) is 0.737. The van der Waals surface area contributed by atoms with Crippen LogP contribution in [0.1, 0.15) is 41.2 Å². The van der Waals surface area contributed by atoms with E-state index in [1.54, 1.807) is 18.3 Å². The molecule has 1 aliphatic rings. The van der Waals surface area contributed by atoms with E-state index in [4.69, 9.17) is 0 Å². The fourth-order valence-electron chi connectivity index (χ4n) is 3.11. The Kier molecular flexibility index (Phi) is 4.96. The fraction of sp³-hybridized carbons (Fsp3) is 0.333. The average molecular weight is 330 g/mol. The largest absolute Gasteiger partial charge is 0.332 e. The highest BCUT2D eigenvalue weighted by atomic mass is 32.2. The Bertz CT molecular complexity index is 707. The van der Waals surface area contributed by atoms with E-state index in [-0.39, 0.29) is 17.8 Å². The van der Waals surface area contributed by atoms with Gasteiger partial charge in [-0.25, -0.2) is 9.37 Å². The van der Waals surface area contributed by atoms with Crippen molar-refractivity contribution in [3.63, 3.8) is 0 Å². The van der Waals surface area contributed by atoms with Gasteiger partial charge in [-0.3, -0.25) is 4.79 Å². The van der Waals surface area contributed by atoms with E-state index in [1.807, 2.05) is 23.3 Å². The topological polar surface area (TPSA) is 33.2 Å². The third-order valence-electron chi connectivity index (χ3n) is 4.19. The van der Waals surface area contributed by atoms with Gasteiger partial charge in [0.15, 0.2) is 0 Å². The number of hydrogen-bond acceptors (Lipinski definition) is 3. The van der Waals surface area contributed by atoms with E-state index in [0.29, 0.717) is 12.1 Å². The number of benzene rings is 1. The van der Waals surface area contributed by atoms with Gasteiger partial charge in [-0.15, -0.1) is 11.8 Å². The molecule has 1 aromatic heterocycles. The van der Waals surface area contributed by atoms with Gasteiger partial charge >= 0.3 is 0 Å². The van der Waals surface area contributed by atoms with E-state index in [1.165, 1.54) is 23.9 Å². The molecule has 0 saturated carbocycles. The molecule has 1 aliphatic heterocycles. The predicted molar refractivity (Wildman–Crippen MR) is 90.0 cm³/mol. The number of carbonyl (C=O) groups excluding carboxylic acids is 1. The second-order valence-electron chi connectivity index (χ2n) is 5.63. The second kappa shape index (κ2) is 7.13. The van der Waals surface area contributed by atoms with Crippen LogP contribution in [0.5, 0.6) is 0 Å². The number of halogens is 1. The quantitative estimate of drug-likeness (QED) is 0.786. The Morgan fingerprint density at radius 1 is 1.30 bits per heavy atom. The molecule has 1 aromatic carbocycles. The molecule has 0 radical (unpaired) electrons. The van der Waals surface area contributed by atoms with Gasteiger partial charge in [0.05, 0.1) is 11.6 Å². The molecule has 23 heavy (non-hydrogen) atoms. The van der Waals surface area contributed by atoms with Gasteiger partial charge < -0.3 is 4.90 Å². The summed E-state index contributed by atoms with van der Waals surface area (Å²) < 4.78 is 13.6. The number of carbonyl (C=O) groups is 1. The summed E-state index contributed by atoms with van der Waals surface area (Å²) in [6.07, 6.45) is 6.51. The molecule has 0 spiro atoms. The number of amides is 1. The smallest absolute Gasteiger partial charge is 0.257 e. The summed E-state index contributed by atoms with van der Waals surface area (Å²) in [7, 11) is 0. The molecule has 0 aliphatic carbocycles. The van der Waals surface area contributed by atoms with Gasteiger partial charge in [-0.05, 0) is 55.3 Å². The molecule has 3 rings (SSSR count). The van der Waals surface area contributed by atoms with Crippen molar-refractivity contribution in [2.75, 3.05) is 12.8 Å². The summed E-state index contributed by atoms with van der Waals surface area (Å²) in [6, 6.07) is 10.1. The van der Waals surface area contributed by atoms with E-state index in [0.717, 1.165) is 29.9 Å². The first-order valence-electron chi connectivity index (χ1n) is 7.76. The van der Waals surface area contributed by atoms with E-state index < -0.39 is 0 Å². The van der Waals surface area contributed by atoms with E-state index >= 15 is 0 Å². The highest BCUT2D eigenvalue weighted by Crippen LogP contribution is 2.33. The van der Waals surface area contributed by atoms with Crippen molar-refractivity contribution in [1.29, 1.82) is 0 Å². The van der Waals surface area contributed by atoms with Crippen LogP contribution in [-0.2, 0) is 0 Å². The maximum atomic E-state index is 13.6. The Hall–Kier alpha value is -1.88. The van der Waals surface area contributed by atoms with Crippen molar-refractivity contribution in [2.24, 2.45) is 0 Å². The highest BCUT2D eigenvalue weighted by Gasteiger charge is 2.30. The molecule has 120 valence electrons. The maximum Gasteiger partial charge on any atom is 0.257 e. The minimum Gasteiger partial charge on any atom is -0.332 e. The molecule has 1 fully saturated rings. The first-order chi connectivity index (χ1) is 11.2. The molecular formula is C18H19FN2OS. The SMILES string of the molecule is CSc1ncccc1C(=O)N1CCCCC1c1cccc(F)c1. The number of aromatic nitrogens is 1. The van der Waals surface area contributed by atoms with Gasteiger partial charge in [0.25, 0.3) is 5.91 Å². The Morgan fingerprint density at radius 2 is 2.17 bits per heavy atom. The second-order valence-corrected chi connectivity index (χ2v) is 6.42. The first kappa shape index (κ1) is 16.0. The lowest BCUT2D eigenvalue weighted by atomic mass is 9.94. The number of likely N-dealkylation sites (tertiary alicyclic amines) is 1. The predicted octanol–water partition coefficient (Wildman–Crippen LogP) is 4.31. The van der Waals surface area contributed by atoms with E-state index in [9.17, 15) is 9.18 Å². The van der Waals surface area contributed by atoms with Gasteiger partial charge in [-0.1, -0.05) is 12.1 Å². The number of rotatable bonds is 3. The van der Waals surface area contributed by atoms with Crippen molar-refractivity contribution < 1.29 is 9.18 Å². The van der Waals surface area contributed by atoms with E-state index in [2.05, 4.69) is 4.98 Å². The van der Waals surface area contributed by atoms with Gasteiger partial charge in [0.1, 0.15) is 10.8 Å². The lowest BCUT2D eigenvalue weighted by molar-refractivity contribution is 0.0606. The van der Waals surface area contributed by atoms with Crippen molar-refractivity contribution in [1.82, 2.24) is 9.88 Å². The third kappa shape index (κ3) is 3.39. The Balaban J connectivity index is 1.93. The van der Waals surface area contributed by atoms with Crippen molar-refractivity contribution in [3.8, 4) is 0 Å². The molecule has 1 amide bonds. The number of pyridine rings is 1. The summed E-state index contributed by atoms with van der Waals surface area (Å²) in [4.78, 5) is 19.2. The van der Waals surface area contributed by atoms with Gasteiger partial charge in [-0.2, -0.15) is 0 Å². The minimum absolute atomic E-state index is 0.0172. The molecule has 1 unspecified atom stereocenters. The summed E-state index contributed by atoms with van der Waals surface area (Å²) in [5.74, 6) is -0.275. The molecule has 1 saturated heterocycles. The van der Waals surface area contributed by atoms with Crippen LogP contribution in [0.15, 0.2) is 47.6 Å². The lowest BCUT2D eigenvalue weighted by Crippen LogP contribution is -2.38. The summed E-state index contributed by atoms with van der Waals surface area (Å²) in [5.41, 5.74) is 1.50. The van der Waals surface area contributed by atoms with Crippen LogP contribution >= 0.6 is 11.8 Å². The zero-order chi connectivity index (χ0) is 16.2. The van der Waals surface area contributed by atoms with Crippen LogP contribution in [0, 0.1) is 5.82 Å². The molecule has 2 aromatic rings.